The van der Waals surface area contributed by atoms with Crippen LogP contribution in [0.4, 0.5) is 5.69 Å². The third-order valence-electron chi connectivity index (χ3n) is 3.50. The van der Waals surface area contributed by atoms with E-state index < -0.39 is 0 Å². The molecule has 1 unspecified atom stereocenters. The van der Waals surface area contributed by atoms with E-state index in [1.54, 1.807) is 7.05 Å². The lowest BCUT2D eigenvalue weighted by Gasteiger charge is -2.23. The highest BCUT2D eigenvalue weighted by atomic mass is 15.6. The largest absolute Gasteiger partial charge is 0.364 e. The molecule has 6 nitrogen and oxygen atoms in total. The number of fused-ring (bicyclic) bond motifs is 1. The minimum Gasteiger partial charge on any atom is -0.364 e. The zero-order valence-electron chi connectivity index (χ0n) is 11.0. The number of tetrazole rings is 1. The first-order valence-corrected chi connectivity index (χ1v) is 6.56. The number of hydrogen-bond donors (Lipinski definition) is 1. The van der Waals surface area contributed by atoms with Crippen molar-refractivity contribution in [3.05, 3.63) is 35.7 Å². The van der Waals surface area contributed by atoms with E-state index in [9.17, 15) is 0 Å². The Morgan fingerprint density at radius 3 is 3.00 bits per heavy atom. The van der Waals surface area contributed by atoms with Gasteiger partial charge >= 0.3 is 0 Å². The summed E-state index contributed by atoms with van der Waals surface area (Å²) in [6.07, 6.45) is 2.09. The molecule has 1 aliphatic heterocycles. The van der Waals surface area contributed by atoms with Gasteiger partial charge in [0, 0.05) is 18.3 Å². The molecule has 6 heteroatoms. The summed E-state index contributed by atoms with van der Waals surface area (Å²) in [5.41, 5.74) is 8.64. The van der Waals surface area contributed by atoms with Crippen LogP contribution in [0.1, 0.15) is 30.3 Å². The van der Waals surface area contributed by atoms with Crippen molar-refractivity contribution in [2.75, 3.05) is 11.4 Å². The maximum atomic E-state index is 6.23. The highest BCUT2D eigenvalue weighted by Crippen LogP contribution is 2.31. The molecule has 1 aromatic heterocycles. The smallest absolute Gasteiger partial charge is 0.193 e. The predicted molar refractivity (Wildman–Crippen MR) is 72.5 cm³/mol. The number of nitrogens with zero attached hydrogens (tertiary/aromatic N) is 5. The van der Waals surface area contributed by atoms with Crippen LogP contribution in [-0.4, -0.2) is 26.8 Å². The highest BCUT2D eigenvalue weighted by molar-refractivity contribution is 5.55. The van der Waals surface area contributed by atoms with Gasteiger partial charge in [-0.3, -0.25) is 0 Å². The summed E-state index contributed by atoms with van der Waals surface area (Å²) >= 11 is 0. The maximum Gasteiger partial charge on any atom is 0.193 e. The van der Waals surface area contributed by atoms with E-state index in [1.807, 2.05) is 12.1 Å². The average molecular weight is 258 g/mol. The van der Waals surface area contributed by atoms with Gasteiger partial charge in [0.1, 0.15) is 0 Å². The first kappa shape index (κ1) is 12.1. The van der Waals surface area contributed by atoms with Crippen molar-refractivity contribution in [3.8, 4) is 0 Å². The number of aryl methyl sites for hydroxylation is 1. The molecule has 0 saturated carbocycles. The summed E-state index contributed by atoms with van der Waals surface area (Å²) in [4.78, 5) is 3.78. The molecule has 0 amide bonds. The van der Waals surface area contributed by atoms with Crippen molar-refractivity contribution < 1.29 is 0 Å². The van der Waals surface area contributed by atoms with Crippen molar-refractivity contribution in [3.63, 3.8) is 0 Å². The third-order valence-corrected chi connectivity index (χ3v) is 3.50. The average Bonchev–Trinajstić information content (AvgIpc) is 2.75. The predicted octanol–water partition coefficient (Wildman–Crippen LogP) is 1.01. The highest BCUT2D eigenvalue weighted by Gasteiger charge is 2.21. The molecule has 1 aliphatic rings. The Morgan fingerprint density at radius 2 is 2.21 bits per heavy atom. The Kier molecular flexibility index (Phi) is 3.16. The molecule has 2 N–H and O–H groups in total. The first-order valence-electron chi connectivity index (χ1n) is 6.56. The lowest BCUT2D eigenvalue weighted by atomic mass is 10.0. The molecule has 1 aromatic carbocycles. The van der Waals surface area contributed by atoms with Gasteiger partial charge in [-0.15, -0.1) is 10.2 Å². The van der Waals surface area contributed by atoms with E-state index in [4.69, 9.17) is 5.73 Å². The summed E-state index contributed by atoms with van der Waals surface area (Å²) < 4.78 is 0. The number of para-hydroxylation sites is 1. The monoisotopic (exact) mass is 258 g/mol. The maximum absolute atomic E-state index is 6.23. The quantitative estimate of drug-likeness (QED) is 0.870. The second-order valence-corrected chi connectivity index (χ2v) is 4.92. The molecular weight excluding hydrogens is 240 g/mol. The number of anilines is 1. The van der Waals surface area contributed by atoms with Crippen molar-refractivity contribution in [2.24, 2.45) is 12.8 Å². The fourth-order valence-corrected chi connectivity index (χ4v) is 2.59. The van der Waals surface area contributed by atoms with Crippen molar-refractivity contribution >= 4 is 5.69 Å². The van der Waals surface area contributed by atoms with Crippen LogP contribution >= 0.6 is 0 Å². The molecule has 3 rings (SSSR count). The summed E-state index contributed by atoms with van der Waals surface area (Å²) in [5.74, 6) is 0.743. The van der Waals surface area contributed by atoms with Gasteiger partial charge in [0.15, 0.2) is 5.82 Å². The molecule has 19 heavy (non-hydrogen) atoms. The number of benzene rings is 1. The lowest BCUT2D eigenvalue weighted by Crippen LogP contribution is -2.24. The Balaban J connectivity index is 1.91. The van der Waals surface area contributed by atoms with Crippen LogP contribution in [-0.2, 0) is 13.6 Å². The van der Waals surface area contributed by atoms with Gasteiger partial charge < -0.3 is 10.6 Å². The molecule has 0 bridgehead atoms. The lowest BCUT2D eigenvalue weighted by molar-refractivity contribution is 0.617. The van der Waals surface area contributed by atoms with Crippen molar-refractivity contribution in [1.29, 1.82) is 0 Å². The van der Waals surface area contributed by atoms with E-state index in [1.165, 1.54) is 16.0 Å². The van der Waals surface area contributed by atoms with E-state index in [0.29, 0.717) is 6.54 Å². The molecule has 2 heterocycles. The van der Waals surface area contributed by atoms with E-state index in [0.717, 1.165) is 25.2 Å². The van der Waals surface area contributed by atoms with Gasteiger partial charge in [0.25, 0.3) is 0 Å². The second-order valence-electron chi connectivity index (χ2n) is 4.92. The minimum absolute atomic E-state index is 0.121. The number of rotatable bonds is 2. The molecule has 0 aliphatic carbocycles. The summed E-state index contributed by atoms with van der Waals surface area (Å²) in [7, 11) is 1.78. The standard InChI is InChI=1S/C13H18N6/c1-18-16-13(15-17-18)9-19-8-4-6-11(14)10-5-2-3-7-12(10)19/h2-3,5,7,11H,4,6,8-9,14H2,1H3. The van der Waals surface area contributed by atoms with Crippen LogP contribution in [0.15, 0.2) is 24.3 Å². The van der Waals surface area contributed by atoms with E-state index >= 15 is 0 Å². The Bertz CT molecular complexity index is 564. The molecule has 0 radical (unpaired) electrons. The van der Waals surface area contributed by atoms with Gasteiger partial charge in [0.2, 0.25) is 0 Å². The van der Waals surface area contributed by atoms with Crippen molar-refractivity contribution in [1.82, 2.24) is 20.2 Å². The zero-order chi connectivity index (χ0) is 13.2. The normalized spacial score (nSPS) is 19.1. The summed E-state index contributed by atoms with van der Waals surface area (Å²) in [6, 6.07) is 8.45. The molecule has 0 spiro atoms. The van der Waals surface area contributed by atoms with Crippen molar-refractivity contribution in [2.45, 2.75) is 25.4 Å². The number of nitrogens with two attached hydrogens (primary N) is 1. The van der Waals surface area contributed by atoms with Gasteiger partial charge in [0.05, 0.1) is 13.6 Å². The molecule has 100 valence electrons. The first-order chi connectivity index (χ1) is 9.24. The molecule has 2 aromatic rings. The fraction of sp³-hybridized carbons (Fsp3) is 0.462. The van der Waals surface area contributed by atoms with Gasteiger partial charge in [-0.05, 0) is 29.7 Å². The number of aromatic nitrogens is 4. The van der Waals surface area contributed by atoms with Gasteiger partial charge in [-0.1, -0.05) is 18.2 Å². The zero-order valence-corrected chi connectivity index (χ0v) is 11.0. The number of hydrogen-bond acceptors (Lipinski definition) is 5. The third kappa shape index (κ3) is 2.44. The van der Waals surface area contributed by atoms with E-state index in [2.05, 4.69) is 32.4 Å². The Hall–Kier alpha value is -1.95. The van der Waals surface area contributed by atoms with E-state index in [-0.39, 0.29) is 6.04 Å². The van der Waals surface area contributed by atoms with Crippen LogP contribution in [0.25, 0.3) is 0 Å². The summed E-state index contributed by atoms with van der Waals surface area (Å²) in [6.45, 7) is 1.65. The van der Waals surface area contributed by atoms with Crippen LogP contribution < -0.4 is 10.6 Å². The SMILES string of the molecule is Cn1nnc(CN2CCCC(N)c3ccccc32)n1. The van der Waals surface area contributed by atoms with Crippen LogP contribution in [0.5, 0.6) is 0 Å². The van der Waals surface area contributed by atoms with Gasteiger partial charge in [-0.25, -0.2) is 0 Å². The topological polar surface area (TPSA) is 72.9 Å². The molecule has 1 atom stereocenters. The van der Waals surface area contributed by atoms with Crippen LogP contribution in [0.2, 0.25) is 0 Å². The van der Waals surface area contributed by atoms with Gasteiger partial charge in [-0.2, -0.15) is 4.80 Å². The molecule has 0 saturated heterocycles. The second kappa shape index (κ2) is 4.97. The fourth-order valence-electron chi connectivity index (χ4n) is 2.59. The molecular formula is C13H18N6. The van der Waals surface area contributed by atoms with Crippen LogP contribution in [0.3, 0.4) is 0 Å². The minimum atomic E-state index is 0.121. The Morgan fingerprint density at radius 1 is 1.37 bits per heavy atom. The Labute approximate surface area is 112 Å². The van der Waals surface area contributed by atoms with Crippen LogP contribution in [0, 0.1) is 0 Å². The molecule has 0 fully saturated rings. The summed E-state index contributed by atoms with van der Waals surface area (Å²) in [5, 5.41) is 12.2.